The highest BCUT2D eigenvalue weighted by atomic mass is 19.1. The summed E-state index contributed by atoms with van der Waals surface area (Å²) in [6, 6.07) is 12.4. The molecule has 4 nitrogen and oxygen atoms in total. The van der Waals surface area contributed by atoms with Gasteiger partial charge in [-0.25, -0.2) is 8.91 Å². The minimum atomic E-state index is -0.238. The molecule has 1 aliphatic rings. The molecule has 0 spiro atoms. The first-order valence-corrected chi connectivity index (χ1v) is 7.33. The van der Waals surface area contributed by atoms with Gasteiger partial charge in [0.2, 0.25) is 0 Å². The predicted molar refractivity (Wildman–Crippen MR) is 81.3 cm³/mol. The second-order valence-electron chi connectivity index (χ2n) is 5.62. The van der Waals surface area contributed by atoms with Gasteiger partial charge in [-0.05, 0) is 48.0 Å². The van der Waals surface area contributed by atoms with Crippen LogP contribution < -0.4 is 4.74 Å². The highest BCUT2D eigenvalue weighted by molar-refractivity contribution is 5.47. The number of hydrogen-bond acceptors (Lipinski definition) is 3. The SMILES string of the molecule is Fc1ccc(OC2CN(Cc3ccn4nccc4c3)C2)cc1. The Hall–Kier alpha value is -2.40. The number of halogens is 1. The predicted octanol–water partition coefficient (Wildman–Crippen LogP) is 2.74. The molecule has 0 atom stereocenters. The van der Waals surface area contributed by atoms with Gasteiger partial charge in [0.05, 0.1) is 5.52 Å². The van der Waals surface area contributed by atoms with E-state index >= 15 is 0 Å². The van der Waals surface area contributed by atoms with E-state index in [0.717, 1.165) is 30.9 Å². The zero-order chi connectivity index (χ0) is 14.9. The van der Waals surface area contributed by atoms with Crippen molar-refractivity contribution in [3.05, 3.63) is 66.2 Å². The molecule has 4 rings (SSSR count). The summed E-state index contributed by atoms with van der Waals surface area (Å²) in [6.07, 6.45) is 3.97. The van der Waals surface area contributed by atoms with Gasteiger partial charge in [-0.2, -0.15) is 5.10 Å². The summed E-state index contributed by atoms with van der Waals surface area (Å²) in [7, 11) is 0. The Morgan fingerprint density at radius 2 is 1.95 bits per heavy atom. The molecule has 112 valence electrons. The monoisotopic (exact) mass is 297 g/mol. The van der Waals surface area contributed by atoms with Crippen LogP contribution in [-0.2, 0) is 6.54 Å². The van der Waals surface area contributed by atoms with Gasteiger partial charge in [0.25, 0.3) is 0 Å². The second-order valence-corrected chi connectivity index (χ2v) is 5.62. The maximum Gasteiger partial charge on any atom is 0.124 e. The molecule has 2 aromatic heterocycles. The van der Waals surface area contributed by atoms with Crippen molar-refractivity contribution in [1.29, 1.82) is 0 Å². The molecule has 5 heteroatoms. The lowest BCUT2D eigenvalue weighted by atomic mass is 10.1. The quantitative estimate of drug-likeness (QED) is 0.741. The standard InChI is InChI=1S/C17H16FN3O/c18-14-1-3-16(4-2-14)22-17-11-20(12-17)10-13-6-8-21-15(9-13)5-7-19-21/h1-9,17H,10-12H2. The van der Waals surface area contributed by atoms with Crippen molar-refractivity contribution < 1.29 is 9.13 Å². The van der Waals surface area contributed by atoms with Crippen LogP contribution in [0.25, 0.3) is 5.52 Å². The fourth-order valence-electron chi connectivity index (χ4n) is 2.76. The molecule has 1 aliphatic heterocycles. The molecule has 3 heterocycles. The van der Waals surface area contributed by atoms with E-state index in [1.54, 1.807) is 18.3 Å². The summed E-state index contributed by atoms with van der Waals surface area (Å²) in [4.78, 5) is 2.33. The smallest absolute Gasteiger partial charge is 0.124 e. The molecule has 1 aromatic carbocycles. The van der Waals surface area contributed by atoms with Crippen molar-refractivity contribution in [2.45, 2.75) is 12.6 Å². The molecule has 0 saturated carbocycles. The minimum Gasteiger partial charge on any atom is -0.488 e. The number of hydrogen-bond donors (Lipinski definition) is 0. The van der Waals surface area contributed by atoms with Crippen LogP contribution in [0.4, 0.5) is 4.39 Å². The summed E-state index contributed by atoms with van der Waals surface area (Å²) in [5.41, 5.74) is 2.38. The molecule has 1 fully saturated rings. The Bertz CT molecular complexity index is 778. The molecule has 22 heavy (non-hydrogen) atoms. The van der Waals surface area contributed by atoms with Crippen LogP contribution >= 0.6 is 0 Å². The summed E-state index contributed by atoms with van der Waals surface area (Å²) in [5.74, 6) is 0.490. The molecule has 1 saturated heterocycles. The lowest BCUT2D eigenvalue weighted by Crippen LogP contribution is -2.53. The topological polar surface area (TPSA) is 29.8 Å². The first-order chi connectivity index (χ1) is 10.8. The minimum absolute atomic E-state index is 0.184. The number of fused-ring (bicyclic) bond motifs is 1. The van der Waals surface area contributed by atoms with Crippen molar-refractivity contribution in [1.82, 2.24) is 14.5 Å². The third kappa shape index (κ3) is 2.67. The van der Waals surface area contributed by atoms with E-state index < -0.39 is 0 Å². The van der Waals surface area contributed by atoms with Gasteiger partial charge in [0.15, 0.2) is 0 Å². The molecule has 3 aromatic rings. The summed E-state index contributed by atoms with van der Waals surface area (Å²) < 4.78 is 20.5. The summed E-state index contributed by atoms with van der Waals surface area (Å²) in [6.45, 7) is 2.69. The molecule has 0 radical (unpaired) electrons. The van der Waals surface area contributed by atoms with Gasteiger partial charge >= 0.3 is 0 Å². The van der Waals surface area contributed by atoms with Crippen LogP contribution in [0.2, 0.25) is 0 Å². The number of ether oxygens (including phenoxy) is 1. The number of benzene rings is 1. The Morgan fingerprint density at radius 3 is 2.77 bits per heavy atom. The van der Waals surface area contributed by atoms with Crippen LogP contribution in [0.5, 0.6) is 5.75 Å². The molecule has 0 amide bonds. The first-order valence-electron chi connectivity index (χ1n) is 7.33. The Kier molecular flexibility index (Phi) is 3.27. The van der Waals surface area contributed by atoms with Crippen LogP contribution in [0, 0.1) is 5.82 Å². The van der Waals surface area contributed by atoms with Gasteiger partial charge in [0.1, 0.15) is 17.7 Å². The van der Waals surface area contributed by atoms with E-state index in [1.165, 1.54) is 17.7 Å². The fourth-order valence-corrected chi connectivity index (χ4v) is 2.76. The summed E-state index contributed by atoms with van der Waals surface area (Å²) in [5, 5.41) is 4.19. The number of rotatable bonds is 4. The van der Waals surface area contributed by atoms with E-state index in [-0.39, 0.29) is 11.9 Å². The van der Waals surface area contributed by atoms with Crippen molar-refractivity contribution in [3.8, 4) is 5.75 Å². The Morgan fingerprint density at radius 1 is 1.14 bits per heavy atom. The van der Waals surface area contributed by atoms with E-state index in [2.05, 4.69) is 22.1 Å². The molecule has 0 bridgehead atoms. The number of likely N-dealkylation sites (tertiary alicyclic amines) is 1. The van der Waals surface area contributed by atoms with Gasteiger partial charge < -0.3 is 4.74 Å². The average Bonchev–Trinajstić information content (AvgIpc) is 2.94. The zero-order valence-corrected chi connectivity index (χ0v) is 12.0. The Balaban J connectivity index is 1.32. The molecular weight excluding hydrogens is 281 g/mol. The first kappa shape index (κ1) is 13.3. The van der Waals surface area contributed by atoms with Gasteiger partial charge in [-0.3, -0.25) is 4.90 Å². The van der Waals surface area contributed by atoms with Crippen LogP contribution in [-0.4, -0.2) is 33.7 Å². The maximum absolute atomic E-state index is 12.8. The maximum atomic E-state index is 12.8. The highest BCUT2D eigenvalue weighted by Gasteiger charge is 2.28. The molecular formula is C17H16FN3O. The lowest BCUT2D eigenvalue weighted by molar-refractivity contribution is 0.0145. The average molecular weight is 297 g/mol. The molecule has 0 aliphatic carbocycles. The second kappa shape index (κ2) is 5.42. The van der Waals surface area contributed by atoms with E-state index in [4.69, 9.17) is 4.74 Å². The van der Waals surface area contributed by atoms with Crippen molar-refractivity contribution in [2.24, 2.45) is 0 Å². The van der Waals surface area contributed by atoms with Gasteiger partial charge in [-0.1, -0.05) is 0 Å². The van der Waals surface area contributed by atoms with Crippen molar-refractivity contribution >= 4 is 5.52 Å². The van der Waals surface area contributed by atoms with E-state index in [0.29, 0.717) is 0 Å². The largest absolute Gasteiger partial charge is 0.488 e. The van der Waals surface area contributed by atoms with Gasteiger partial charge in [0, 0.05) is 32.0 Å². The van der Waals surface area contributed by atoms with Crippen LogP contribution in [0.15, 0.2) is 54.9 Å². The van der Waals surface area contributed by atoms with Crippen LogP contribution in [0.1, 0.15) is 5.56 Å². The van der Waals surface area contributed by atoms with Crippen molar-refractivity contribution in [2.75, 3.05) is 13.1 Å². The number of nitrogens with zero attached hydrogens (tertiary/aromatic N) is 3. The summed E-state index contributed by atoms with van der Waals surface area (Å²) >= 11 is 0. The highest BCUT2D eigenvalue weighted by Crippen LogP contribution is 2.20. The molecule has 0 unspecified atom stereocenters. The van der Waals surface area contributed by atoms with E-state index in [1.807, 2.05) is 16.8 Å². The zero-order valence-electron chi connectivity index (χ0n) is 12.0. The third-order valence-corrected chi connectivity index (χ3v) is 3.91. The number of aromatic nitrogens is 2. The fraction of sp³-hybridized carbons (Fsp3) is 0.235. The van der Waals surface area contributed by atoms with Gasteiger partial charge in [-0.15, -0.1) is 0 Å². The Labute approximate surface area is 127 Å². The van der Waals surface area contributed by atoms with Crippen LogP contribution in [0.3, 0.4) is 0 Å². The molecule has 0 N–H and O–H groups in total. The third-order valence-electron chi connectivity index (χ3n) is 3.91. The normalized spacial score (nSPS) is 15.9. The van der Waals surface area contributed by atoms with Crippen molar-refractivity contribution in [3.63, 3.8) is 0 Å². The number of pyridine rings is 1. The lowest BCUT2D eigenvalue weighted by Gasteiger charge is -2.39. The van der Waals surface area contributed by atoms with E-state index in [9.17, 15) is 4.39 Å².